The highest BCUT2D eigenvalue weighted by Gasteiger charge is 2.35. The summed E-state index contributed by atoms with van der Waals surface area (Å²) >= 11 is 0. The van der Waals surface area contributed by atoms with Crippen molar-refractivity contribution in [3.05, 3.63) is 36.0 Å². The second-order valence-electron chi connectivity index (χ2n) is 7.34. The number of esters is 1. The summed E-state index contributed by atoms with van der Waals surface area (Å²) in [6.45, 7) is 3.95. The van der Waals surface area contributed by atoms with Crippen molar-refractivity contribution in [1.82, 2.24) is 9.88 Å². The van der Waals surface area contributed by atoms with Crippen molar-refractivity contribution in [2.75, 3.05) is 24.7 Å². The molecule has 2 aromatic rings. The van der Waals surface area contributed by atoms with Crippen molar-refractivity contribution in [3.63, 3.8) is 0 Å². The van der Waals surface area contributed by atoms with Crippen LogP contribution < -0.4 is 0 Å². The smallest absolute Gasteiger partial charge is 0.355 e. The van der Waals surface area contributed by atoms with Gasteiger partial charge in [-0.25, -0.2) is 13.2 Å². The standard InChI is InChI=1S/C19H24N2O5S/c1-13(2)10-21(15-7-8-27(24,25)12-15)18(22)11-26-19(23)17-9-14-5-3-4-6-16(14)20-17/h3-6,9,13,15,20H,7-8,10-12H2,1-2H3/t15-/m0/s1. The molecule has 0 bridgehead atoms. The van der Waals surface area contributed by atoms with Crippen LogP contribution in [-0.2, 0) is 19.4 Å². The van der Waals surface area contributed by atoms with E-state index in [2.05, 4.69) is 4.98 Å². The van der Waals surface area contributed by atoms with Crippen LogP contribution in [0.25, 0.3) is 10.9 Å². The SMILES string of the molecule is CC(C)CN(C(=O)COC(=O)c1cc2ccccc2[nH]1)[C@H]1CCS(=O)(=O)C1. The van der Waals surface area contributed by atoms with Crippen LogP contribution in [0.1, 0.15) is 30.8 Å². The van der Waals surface area contributed by atoms with E-state index in [1.807, 2.05) is 38.1 Å². The maximum atomic E-state index is 12.6. The zero-order valence-corrected chi connectivity index (χ0v) is 16.3. The average molecular weight is 392 g/mol. The topological polar surface area (TPSA) is 96.5 Å². The summed E-state index contributed by atoms with van der Waals surface area (Å²) in [5.74, 6) is -0.726. The fraction of sp³-hybridized carbons (Fsp3) is 0.474. The molecule has 1 aromatic carbocycles. The first-order valence-corrected chi connectivity index (χ1v) is 10.8. The number of carbonyl (C=O) groups is 2. The predicted molar refractivity (Wildman–Crippen MR) is 102 cm³/mol. The number of fused-ring (bicyclic) bond motifs is 1. The van der Waals surface area contributed by atoms with Crippen LogP contribution in [0.4, 0.5) is 0 Å². The lowest BCUT2D eigenvalue weighted by Gasteiger charge is -2.29. The van der Waals surface area contributed by atoms with Crippen LogP contribution in [0.3, 0.4) is 0 Å². The normalized spacial score (nSPS) is 18.7. The average Bonchev–Trinajstić information content (AvgIpc) is 3.20. The molecule has 0 saturated carbocycles. The van der Waals surface area contributed by atoms with E-state index in [0.717, 1.165) is 10.9 Å². The Bertz CT molecular complexity index is 915. The minimum absolute atomic E-state index is 0.0264. The first-order chi connectivity index (χ1) is 12.7. The summed E-state index contributed by atoms with van der Waals surface area (Å²) in [5.41, 5.74) is 1.09. The number of aromatic nitrogens is 1. The molecule has 7 nitrogen and oxygen atoms in total. The molecule has 1 atom stereocenters. The van der Waals surface area contributed by atoms with Crippen LogP contribution in [0.15, 0.2) is 30.3 Å². The Balaban J connectivity index is 1.65. The van der Waals surface area contributed by atoms with Gasteiger partial charge in [0.2, 0.25) is 0 Å². The third-order valence-electron chi connectivity index (χ3n) is 4.61. The molecule has 1 saturated heterocycles. The first kappa shape index (κ1) is 19.4. The third-order valence-corrected chi connectivity index (χ3v) is 6.36. The second-order valence-corrected chi connectivity index (χ2v) is 9.57. The van der Waals surface area contributed by atoms with Gasteiger partial charge in [0, 0.05) is 23.5 Å². The van der Waals surface area contributed by atoms with Gasteiger partial charge in [0.15, 0.2) is 16.4 Å². The Morgan fingerprint density at radius 2 is 2.04 bits per heavy atom. The molecule has 1 aliphatic rings. The van der Waals surface area contributed by atoms with Gasteiger partial charge >= 0.3 is 5.97 Å². The van der Waals surface area contributed by atoms with Crippen molar-refractivity contribution in [2.45, 2.75) is 26.3 Å². The van der Waals surface area contributed by atoms with Crippen LogP contribution in [0, 0.1) is 5.92 Å². The number of rotatable bonds is 6. The van der Waals surface area contributed by atoms with E-state index in [9.17, 15) is 18.0 Å². The number of hydrogen-bond acceptors (Lipinski definition) is 5. The highest BCUT2D eigenvalue weighted by molar-refractivity contribution is 7.91. The number of aromatic amines is 1. The predicted octanol–water partition coefficient (Wildman–Crippen LogP) is 2.00. The number of benzene rings is 1. The van der Waals surface area contributed by atoms with Crippen LogP contribution >= 0.6 is 0 Å². The Morgan fingerprint density at radius 1 is 1.30 bits per heavy atom. The van der Waals surface area contributed by atoms with Gasteiger partial charge < -0.3 is 14.6 Å². The molecular formula is C19H24N2O5S. The van der Waals surface area contributed by atoms with E-state index in [-0.39, 0.29) is 35.1 Å². The highest BCUT2D eigenvalue weighted by Crippen LogP contribution is 2.20. The van der Waals surface area contributed by atoms with E-state index >= 15 is 0 Å². The van der Waals surface area contributed by atoms with Crippen molar-refractivity contribution in [1.29, 1.82) is 0 Å². The fourth-order valence-corrected chi connectivity index (χ4v) is 5.07. The molecule has 0 aliphatic carbocycles. The van der Waals surface area contributed by atoms with Crippen LogP contribution in [0.2, 0.25) is 0 Å². The lowest BCUT2D eigenvalue weighted by Crippen LogP contribution is -2.45. The van der Waals surface area contributed by atoms with Gasteiger partial charge in [-0.2, -0.15) is 0 Å². The molecule has 146 valence electrons. The summed E-state index contributed by atoms with van der Waals surface area (Å²) in [6, 6.07) is 8.78. The van der Waals surface area contributed by atoms with Gasteiger partial charge in [-0.05, 0) is 24.5 Å². The molecule has 2 heterocycles. The van der Waals surface area contributed by atoms with Gasteiger partial charge in [0.05, 0.1) is 11.5 Å². The zero-order valence-electron chi connectivity index (χ0n) is 15.5. The minimum atomic E-state index is -3.11. The zero-order chi connectivity index (χ0) is 19.6. The number of nitrogens with one attached hydrogen (secondary N) is 1. The van der Waals surface area contributed by atoms with E-state index in [1.54, 1.807) is 11.0 Å². The van der Waals surface area contributed by atoms with Crippen molar-refractivity contribution < 1.29 is 22.7 Å². The molecule has 8 heteroatoms. The van der Waals surface area contributed by atoms with Gasteiger partial charge in [-0.15, -0.1) is 0 Å². The summed E-state index contributed by atoms with van der Waals surface area (Å²) < 4.78 is 28.7. The van der Waals surface area contributed by atoms with Crippen LogP contribution in [0.5, 0.6) is 0 Å². The number of nitrogens with zero attached hydrogens (tertiary/aromatic N) is 1. The lowest BCUT2D eigenvalue weighted by molar-refractivity contribution is -0.137. The molecule has 27 heavy (non-hydrogen) atoms. The Hall–Kier alpha value is -2.35. The number of carbonyl (C=O) groups excluding carboxylic acids is 2. The summed E-state index contributed by atoms with van der Waals surface area (Å²) in [7, 11) is -3.11. The molecular weight excluding hydrogens is 368 g/mol. The summed E-state index contributed by atoms with van der Waals surface area (Å²) in [6.07, 6.45) is 0.427. The van der Waals surface area contributed by atoms with Gasteiger partial charge in [-0.1, -0.05) is 32.0 Å². The van der Waals surface area contributed by atoms with E-state index < -0.39 is 22.4 Å². The third kappa shape index (κ3) is 4.68. The fourth-order valence-electron chi connectivity index (χ4n) is 3.34. The largest absolute Gasteiger partial charge is 0.451 e. The molecule has 0 spiro atoms. The maximum Gasteiger partial charge on any atom is 0.355 e. The number of ether oxygens (including phenoxy) is 1. The molecule has 1 fully saturated rings. The molecule has 1 amide bonds. The quantitative estimate of drug-likeness (QED) is 0.759. The number of sulfone groups is 1. The second kappa shape index (κ2) is 7.72. The highest BCUT2D eigenvalue weighted by atomic mass is 32.2. The first-order valence-electron chi connectivity index (χ1n) is 9.00. The van der Waals surface area contributed by atoms with Crippen molar-refractivity contribution >= 4 is 32.6 Å². The van der Waals surface area contributed by atoms with Gasteiger partial charge in [-0.3, -0.25) is 4.79 Å². The van der Waals surface area contributed by atoms with Gasteiger partial charge in [0.25, 0.3) is 5.91 Å². The molecule has 0 radical (unpaired) electrons. The Morgan fingerprint density at radius 3 is 2.67 bits per heavy atom. The van der Waals surface area contributed by atoms with E-state index in [4.69, 9.17) is 4.74 Å². The van der Waals surface area contributed by atoms with Crippen LogP contribution in [-0.4, -0.2) is 60.9 Å². The summed E-state index contributed by atoms with van der Waals surface area (Å²) in [4.78, 5) is 29.4. The molecule has 1 aliphatic heterocycles. The van der Waals surface area contributed by atoms with Crippen molar-refractivity contribution in [3.8, 4) is 0 Å². The molecule has 1 N–H and O–H groups in total. The number of para-hydroxylation sites is 1. The number of hydrogen-bond donors (Lipinski definition) is 1. The molecule has 0 unspecified atom stereocenters. The van der Waals surface area contributed by atoms with Crippen molar-refractivity contribution in [2.24, 2.45) is 5.92 Å². The molecule has 1 aromatic heterocycles. The van der Waals surface area contributed by atoms with E-state index in [1.165, 1.54) is 0 Å². The Labute approximate surface area is 158 Å². The van der Waals surface area contributed by atoms with Gasteiger partial charge in [0.1, 0.15) is 5.69 Å². The minimum Gasteiger partial charge on any atom is -0.451 e. The maximum absolute atomic E-state index is 12.6. The number of amides is 1. The summed E-state index contributed by atoms with van der Waals surface area (Å²) in [5, 5.41) is 0.883. The van der Waals surface area contributed by atoms with E-state index in [0.29, 0.717) is 13.0 Å². The monoisotopic (exact) mass is 392 g/mol. The number of H-pyrrole nitrogens is 1. The lowest BCUT2D eigenvalue weighted by atomic mass is 10.1. The molecule has 3 rings (SSSR count). The Kier molecular flexibility index (Phi) is 5.55.